The first kappa shape index (κ1) is 18.6. The maximum Gasteiger partial charge on any atom is 0.236 e. The van der Waals surface area contributed by atoms with Gasteiger partial charge in [0.1, 0.15) is 22.9 Å². The van der Waals surface area contributed by atoms with Gasteiger partial charge in [-0.25, -0.2) is 0 Å². The van der Waals surface area contributed by atoms with E-state index in [1.807, 2.05) is 11.9 Å². The Labute approximate surface area is 158 Å². The van der Waals surface area contributed by atoms with Crippen LogP contribution in [-0.2, 0) is 18.9 Å². The molecule has 2 saturated heterocycles. The van der Waals surface area contributed by atoms with E-state index in [1.165, 1.54) is 0 Å². The minimum atomic E-state index is 0.136. The van der Waals surface area contributed by atoms with Crippen LogP contribution in [0.15, 0.2) is 0 Å². The Morgan fingerprint density at radius 2 is 1.73 bits per heavy atom. The van der Waals surface area contributed by atoms with Crippen molar-refractivity contribution in [3.63, 3.8) is 0 Å². The Morgan fingerprint density at radius 3 is 2.31 bits per heavy atom. The monoisotopic (exact) mass is 375 g/mol. The predicted octanol–water partition coefficient (Wildman–Crippen LogP) is 0.189. The summed E-state index contributed by atoms with van der Waals surface area (Å²) in [6, 6.07) is 2.16. The summed E-state index contributed by atoms with van der Waals surface area (Å²) in [6.45, 7) is 5.15. The number of nitriles is 1. The van der Waals surface area contributed by atoms with Crippen molar-refractivity contribution in [1.82, 2.24) is 18.9 Å². The zero-order chi connectivity index (χ0) is 18.8. The van der Waals surface area contributed by atoms with Gasteiger partial charge in [-0.2, -0.15) is 5.26 Å². The maximum absolute atomic E-state index is 12.3. The fourth-order valence-corrected chi connectivity index (χ4v) is 3.88. The largest absolute Gasteiger partial charge is 0.354 e. The molecule has 0 unspecified atom stereocenters. The second kappa shape index (κ2) is 7.60. The quantitative estimate of drug-likeness (QED) is 0.763. The molecule has 2 aliphatic heterocycles. The van der Waals surface area contributed by atoms with Gasteiger partial charge in [0.05, 0.1) is 6.54 Å². The molecular formula is C17H25N7OS. The molecule has 3 rings (SSSR count). The average Bonchev–Trinajstić information content (AvgIpc) is 3.18. The van der Waals surface area contributed by atoms with Crippen LogP contribution in [-0.4, -0.2) is 70.7 Å². The molecule has 2 fully saturated rings. The van der Waals surface area contributed by atoms with Crippen molar-refractivity contribution in [3.05, 3.63) is 15.8 Å². The molecular weight excluding hydrogens is 350 g/mol. The van der Waals surface area contributed by atoms with Gasteiger partial charge < -0.3 is 18.9 Å². The highest BCUT2D eigenvalue weighted by molar-refractivity contribution is 7.71. The first-order valence-electron chi connectivity index (χ1n) is 8.94. The molecule has 0 radical (unpaired) electrons. The molecule has 0 bridgehead atoms. The van der Waals surface area contributed by atoms with Gasteiger partial charge in [-0.3, -0.25) is 15.1 Å². The highest BCUT2D eigenvalue weighted by atomic mass is 32.1. The normalized spacial score (nSPS) is 18.2. The van der Waals surface area contributed by atoms with E-state index in [9.17, 15) is 10.1 Å². The lowest BCUT2D eigenvalue weighted by molar-refractivity contribution is -0.131. The molecule has 3 heterocycles. The lowest BCUT2D eigenvalue weighted by Gasteiger charge is -2.37. The van der Waals surface area contributed by atoms with Gasteiger partial charge in [0.15, 0.2) is 4.77 Å². The van der Waals surface area contributed by atoms with E-state index in [-0.39, 0.29) is 11.4 Å². The van der Waals surface area contributed by atoms with Gasteiger partial charge in [-0.1, -0.05) is 0 Å². The summed E-state index contributed by atoms with van der Waals surface area (Å²) in [4.78, 5) is 18.5. The lowest BCUT2D eigenvalue weighted by Crippen LogP contribution is -2.51. The Bertz CT molecular complexity index is 852. The van der Waals surface area contributed by atoms with Crippen molar-refractivity contribution < 1.29 is 4.79 Å². The van der Waals surface area contributed by atoms with Crippen molar-refractivity contribution in [2.75, 3.05) is 50.7 Å². The van der Waals surface area contributed by atoms with E-state index < -0.39 is 0 Å². The number of rotatable bonds is 3. The fraction of sp³-hybridized carbons (Fsp3) is 0.647. The van der Waals surface area contributed by atoms with Crippen molar-refractivity contribution in [3.8, 4) is 6.07 Å². The van der Waals surface area contributed by atoms with Gasteiger partial charge >= 0.3 is 0 Å². The molecule has 8 nitrogen and oxygen atoms in total. The van der Waals surface area contributed by atoms with E-state index >= 15 is 0 Å². The summed E-state index contributed by atoms with van der Waals surface area (Å²) >= 11 is 5.40. The van der Waals surface area contributed by atoms with E-state index in [1.54, 1.807) is 16.2 Å². The molecule has 0 aromatic carbocycles. The number of nitrogens with one attached hydrogen (secondary N) is 1. The predicted molar refractivity (Wildman–Crippen MR) is 100 cm³/mol. The van der Waals surface area contributed by atoms with Crippen LogP contribution < -0.4 is 10.4 Å². The van der Waals surface area contributed by atoms with Crippen molar-refractivity contribution in [2.45, 2.75) is 12.8 Å². The second-order valence-corrected chi connectivity index (χ2v) is 7.28. The number of hydrogen-bond acceptors (Lipinski definition) is 6. The second-order valence-electron chi connectivity index (χ2n) is 6.91. The third-order valence-electron chi connectivity index (χ3n) is 5.29. The topological polar surface area (TPSA) is 84.3 Å². The number of piperazine rings is 1. The van der Waals surface area contributed by atoms with Gasteiger partial charge in [0.2, 0.25) is 5.91 Å². The first-order valence-corrected chi connectivity index (χ1v) is 9.34. The van der Waals surface area contributed by atoms with Gasteiger partial charge in [0.25, 0.3) is 0 Å². The molecule has 1 N–H and O–H groups in total. The molecule has 1 aromatic heterocycles. The van der Waals surface area contributed by atoms with E-state index in [4.69, 9.17) is 17.6 Å². The molecule has 1 amide bonds. The van der Waals surface area contributed by atoms with Crippen LogP contribution in [0.2, 0.25) is 0 Å². The summed E-state index contributed by atoms with van der Waals surface area (Å²) in [5, 5.41) is 17.7. The minimum absolute atomic E-state index is 0.136. The molecule has 26 heavy (non-hydrogen) atoms. The van der Waals surface area contributed by atoms with Gasteiger partial charge in [-0.15, -0.1) is 0 Å². The van der Waals surface area contributed by atoms with E-state index in [0.717, 1.165) is 39.0 Å². The molecule has 1 aromatic rings. The standard InChI is InChI=1S/C17H25N7OS/c1-20-15(19)13(11-18)16(21(2)17(20)26)24-9-7-22(8-10-24)12-14(25)23-5-3-4-6-23/h19H,3-10,12H2,1-2H3. The summed E-state index contributed by atoms with van der Waals surface area (Å²) in [7, 11) is 3.54. The number of hydrogen-bond donors (Lipinski definition) is 1. The number of likely N-dealkylation sites (tertiary alicyclic amines) is 1. The Morgan fingerprint density at radius 1 is 1.12 bits per heavy atom. The van der Waals surface area contributed by atoms with Crippen LogP contribution >= 0.6 is 12.2 Å². The zero-order valence-electron chi connectivity index (χ0n) is 15.4. The van der Waals surface area contributed by atoms with Crippen LogP contribution in [0.5, 0.6) is 0 Å². The summed E-state index contributed by atoms with van der Waals surface area (Å²) < 4.78 is 3.86. The van der Waals surface area contributed by atoms with Crippen molar-refractivity contribution in [2.24, 2.45) is 14.1 Å². The van der Waals surface area contributed by atoms with Crippen LogP contribution in [0.3, 0.4) is 0 Å². The SMILES string of the molecule is Cn1c(N2CCN(CC(=O)N3CCCC3)CC2)c(C#N)c(=N)n(C)c1=S. The highest BCUT2D eigenvalue weighted by Gasteiger charge is 2.26. The maximum atomic E-state index is 12.3. The number of carbonyl (C=O) groups excluding carboxylic acids is 1. The Balaban J connectivity index is 1.73. The Hall–Kier alpha value is -2.18. The third kappa shape index (κ3) is 3.39. The number of aromatic nitrogens is 2. The molecule has 9 heteroatoms. The molecule has 140 valence electrons. The van der Waals surface area contributed by atoms with Crippen LogP contribution in [0.4, 0.5) is 5.82 Å². The number of anilines is 1. The summed E-state index contributed by atoms with van der Waals surface area (Å²) in [6.07, 6.45) is 2.22. The number of amides is 1. The summed E-state index contributed by atoms with van der Waals surface area (Å²) in [5.41, 5.74) is 0.474. The Kier molecular flexibility index (Phi) is 5.44. The minimum Gasteiger partial charge on any atom is -0.354 e. The number of nitrogens with zero attached hydrogens (tertiary/aromatic N) is 6. The zero-order valence-corrected chi connectivity index (χ0v) is 16.2. The fourth-order valence-electron chi connectivity index (χ4n) is 3.70. The first-order chi connectivity index (χ1) is 12.4. The molecule has 0 atom stereocenters. The van der Waals surface area contributed by atoms with Gasteiger partial charge in [0, 0.05) is 53.4 Å². The van der Waals surface area contributed by atoms with Crippen LogP contribution in [0, 0.1) is 21.5 Å². The smallest absolute Gasteiger partial charge is 0.236 e. The van der Waals surface area contributed by atoms with E-state index in [0.29, 0.717) is 35.8 Å². The molecule has 2 aliphatic rings. The van der Waals surface area contributed by atoms with Crippen LogP contribution in [0.25, 0.3) is 0 Å². The molecule has 0 spiro atoms. The third-order valence-corrected chi connectivity index (χ3v) is 5.84. The molecule has 0 aliphatic carbocycles. The van der Waals surface area contributed by atoms with Crippen molar-refractivity contribution in [1.29, 1.82) is 10.7 Å². The summed E-state index contributed by atoms with van der Waals surface area (Å²) in [5.74, 6) is 0.915. The molecule has 0 saturated carbocycles. The van der Waals surface area contributed by atoms with Crippen LogP contribution in [0.1, 0.15) is 18.4 Å². The van der Waals surface area contributed by atoms with Gasteiger partial charge in [-0.05, 0) is 25.1 Å². The highest BCUT2D eigenvalue weighted by Crippen LogP contribution is 2.19. The number of carbonyl (C=O) groups is 1. The van der Waals surface area contributed by atoms with Crippen molar-refractivity contribution >= 4 is 23.9 Å². The lowest BCUT2D eigenvalue weighted by atomic mass is 10.2. The van der Waals surface area contributed by atoms with E-state index in [2.05, 4.69) is 15.9 Å². The average molecular weight is 376 g/mol.